The van der Waals surface area contributed by atoms with E-state index in [1.807, 2.05) is 30.3 Å². The number of para-hydroxylation sites is 2. The number of amides is 2. The number of rotatable bonds is 7. The zero-order chi connectivity index (χ0) is 16.5. The van der Waals surface area contributed by atoms with Gasteiger partial charge in [-0.3, -0.25) is 10.1 Å². The van der Waals surface area contributed by atoms with Gasteiger partial charge in [-0.15, -0.1) is 0 Å². The maximum Gasteiger partial charge on any atom is 0.315 e. The van der Waals surface area contributed by atoms with Crippen molar-refractivity contribution >= 4 is 17.4 Å². The van der Waals surface area contributed by atoms with Crippen molar-refractivity contribution in [2.75, 3.05) is 18.4 Å². The molecule has 7 nitrogen and oxygen atoms in total. The number of nitro benzene ring substituents is 1. The number of nitro groups is 1. The van der Waals surface area contributed by atoms with Gasteiger partial charge in [-0.2, -0.15) is 0 Å². The molecule has 0 unspecified atom stereocenters. The summed E-state index contributed by atoms with van der Waals surface area (Å²) in [5, 5.41) is 19.2. The Kier molecular flexibility index (Phi) is 5.93. The highest BCUT2D eigenvalue weighted by atomic mass is 16.6. The predicted molar refractivity (Wildman–Crippen MR) is 88.3 cm³/mol. The monoisotopic (exact) mass is 314 g/mol. The summed E-state index contributed by atoms with van der Waals surface area (Å²) in [6.07, 6.45) is 0. The van der Waals surface area contributed by atoms with Gasteiger partial charge in [0.2, 0.25) is 0 Å². The summed E-state index contributed by atoms with van der Waals surface area (Å²) >= 11 is 0. The predicted octanol–water partition coefficient (Wildman–Crippen LogP) is 2.51. The molecule has 0 fully saturated rings. The summed E-state index contributed by atoms with van der Waals surface area (Å²) in [6, 6.07) is 15.7. The molecule has 2 aromatic rings. The van der Waals surface area contributed by atoms with Gasteiger partial charge in [-0.1, -0.05) is 42.5 Å². The number of anilines is 1. The van der Waals surface area contributed by atoms with Crippen molar-refractivity contribution in [3.05, 3.63) is 70.3 Å². The van der Waals surface area contributed by atoms with Crippen LogP contribution in [0, 0.1) is 10.1 Å². The van der Waals surface area contributed by atoms with Crippen LogP contribution in [0.3, 0.4) is 0 Å². The number of carbonyl (C=O) groups is 1. The first-order valence-corrected chi connectivity index (χ1v) is 7.20. The van der Waals surface area contributed by atoms with E-state index < -0.39 is 4.92 Å². The van der Waals surface area contributed by atoms with Crippen LogP contribution in [-0.4, -0.2) is 24.0 Å². The van der Waals surface area contributed by atoms with E-state index in [1.165, 1.54) is 6.07 Å². The van der Waals surface area contributed by atoms with Gasteiger partial charge >= 0.3 is 6.03 Å². The quantitative estimate of drug-likeness (QED) is 0.415. The van der Waals surface area contributed by atoms with E-state index in [9.17, 15) is 14.9 Å². The summed E-state index contributed by atoms with van der Waals surface area (Å²) in [6.45, 7) is 1.19. The second-order valence-corrected chi connectivity index (χ2v) is 4.80. The molecule has 0 radical (unpaired) electrons. The minimum atomic E-state index is -0.442. The average Bonchev–Trinajstić information content (AvgIpc) is 2.58. The van der Waals surface area contributed by atoms with Crippen LogP contribution >= 0.6 is 0 Å². The molecule has 2 rings (SSSR count). The summed E-state index contributed by atoms with van der Waals surface area (Å²) < 4.78 is 0. The Balaban J connectivity index is 1.69. The Morgan fingerprint density at radius 2 is 1.65 bits per heavy atom. The second kappa shape index (κ2) is 8.38. The van der Waals surface area contributed by atoms with Crippen molar-refractivity contribution in [3.63, 3.8) is 0 Å². The van der Waals surface area contributed by atoms with Crippen molar-refractivity contribution in [2.45, 2.75) is 6.54 Å². The molecule has 7 heteroatoms. The van der Waals surface area contributed by atoms with E-state index in [0.29, 0.717) is 25.3 Å². The van der Waals surface area contributed by atoms with Crippen molar-refractivity contribution in [3.8, 4) is 0 Å². The number of carbonyl (C=O) groups excluding carboxylic acids is 1. The number of nitrogens with zero attached hydrogens (tertiary/aromatic N) is 1. The van der Waals surface area contributed by atoms with E-state index in [4.69, 9.17) is 0 Å². The SMILES string of the molecule is O=C(NCCNc1ccccc1[N+](=O)[O-])NCc1ccccc1. The molecule has 120 valence electrons. The fourth-order valence-corrected chi connectivity index (χ4v) is 2.00. The minimum absolute atomic E-state index is 0.0148. The van der Waals surface area contributed by atoms with Crippen molar-refractivity contribution < 1.29 is 9.72 Å². The van der Waals surface area contributed by atoms with Crippen LogP contribution in [0.5, 0.6) is 0 Å². The second-order valence-electron chi connectivity index (χ2n) is 4.80. The number of benzene rings is 2. The molecule has 0 atom stereocenters. The van der Waals surface area contributed by atoms with Crippen LogP contribution < -0.4 is 16.0 Å². The van der Waals surface area contributed by atoms with Gasteiger partial charge in [-0.25, -0.2) is 4.79 Å². The van der Waals surface area contributed by atoms with Crippen LogP contribution in [0.4, 0.5) is 16.2 Å². The molecule has 0 bridgehead atoms. The molecule has 0 saturated heterocycles. The Hall–Kier alpha value is -3.09. The smallest absolute Gasteiger partial charge is 0.315 e. The van der Waals surface area contributed by atoms with Gasteiger partial charge < -0.3 is 16.0 Å². The molecular weight excluding hydrogens is 296 g/mol. The van der Waals surface area contributed by atoms with E-state index >= 15 is 0 Å². The number of urea groups is 1. The molecule has 0 spiro atoms. The molecule has 0 aliphatic heterocycles. The maximum absolute atomic E-state index is 11.6. The first kappa shape index (κ1) is 16.3. The first-order chi connectivity index (χ1) is 11.2. The molecule has 0 aromatic heterocycles. The lowest BCUT2D eigenvalue weighted by Gasteiger charge is -2.09. The van der Waals surface area contributed by atoms with E-state index in [0.717, 1.165) is 5.56 Å². The van der Waals surface area contributed by atoms with Gasteiger partial charge in [0.05, 0.1) is 4.92 Å². The molecule has 0 aliphatic carbocycles. The van der Waals surface area contributed by atoms with Crippen LogP contribution in [0.25, 0.3) is 0 Å². The summed E-state index contributed by atoms with van der Waals surface area (Å²) in [5.41, 5.74) is 1.46. The lowest BCUT2D eigenvalue weighted by molar-refractivity contribution is -0.384. The summed E-state index contributed by atoms with van der Waals surface area (Å²) in [4.78, 5) is 22.1. The third kappa shape index (κ3) is 5.31. The van der Waals surface area contributed by atoms with Gasteiger partial charge in [0, 0.05) is 25.7 Å². The Morgan fingerprint density at radius 1 is 0.957 bits per heavy atom. The normalized spacial score (nSPS) is 9.91. The standard InChI is InChI=1S/C16H18N4O3/c21-16(19-12-13-6-2-1-3-7-13)18-11-10-17-14-8-4-5-9-15(14)20(22)23/h1-9,17H,10-12H2,(H2,18,19,21). The zero-order valence-electron chi connectivity index (χ0n) is 12.5. The van der Waals surface area contributed by atoms with Crippen LogP contribution in [0.15, 0.2) is 54.6 Å². The molecule has 2 aromatic carbocycles. The third-order valence-corrected chi connectivity index (χ3v) is 3.12. The molecule has 2 amide bonds. The maximum atomic E-state index is 11.6. The van der Waals surface area contributed by atoms with Gasteiger partial charge in [0.25, 0.3) is 5.69 Å². The molecule has 0 heterocycles. The molecular formula is C16H18N4O3. The number of hydrogen-bond donors (Lipinski definition) is 3. The Labute approximate surface area is 133 Å². The zero-order valence-corrected chi connectivity index (χ0v) is 12.5. The van der Waals surface area contributed by atoms with Crippen molar-refractivity contribution in [1.82, 2.24) is 10.6 Å². The lowest BCUT2D eigenvalue weighted by atomic mass is 10.2. The van der Waals surface area contributed by atoms with Crippen LogP contribution in [0.2, 0.25) is 0 Å². The highest BCUT2D eigenvalue weighted by Crippen LogP contribution is 2.22. The lowest BCUT2D eigenvalue weighted by Crippen LogP contribution is -2.37. The highest BCUT2D eigenvalue weighted by Gasteiger charge is 2.11. The Morgan fingerprint density at radius 3 is 2.39 bits per heavy atom. The first-order valence-electron chi connectivity index (χ1n) is 7.20. The molecule has 23 heavy (non-hydrogen) atoms. The highest BCUT2D eigenvalue weighted by molar-refractivity contribution is 5.73. The van der Waals surface area contributed by atoms with Crippen LogP contribution in [-0.2, 0) is 6.54 Å². The molecule has 0 saturated carbocycles. The summed E-state index contributed by atoms with van der Waals surface area (Å²) in [7, 11) is 0. The fraction of sp³-hybridized carbons (Fsp3) is 0.188. The van der Waals surface area contributed by atoms with Gasteiger partial charge in [0.1, 0.15) is 5.69 Å². The minimum Gasteiger partial charge on any atom is -0.378 e. The molecule has 3 N–H and O–H groups in total. The third-order valence-electron chi connectivity index (χ3n) is 3.12. The molecule has 0 aliphatic rings. The largest absolute Gasteiger partial charge is 0.378 e. The summed E-state index contributed by atoms with van der Waals surface area (Å²) in [5.74, 6) is 0. The number of hydrogen-bond acceptors (Lipinski definition) is 4. The fourth-order valence-electron chi connectivity index (χ4n) is 2.00. The van der Waals surface area contributed by atoms with Gasteiger partial charge in [-0.05, 0) is 11.6 Å². The van der Waals surface area contributed by atoms with Crippen LogP contribution in [0.1, 0.15) is 5.56 Å². The van der Waals surface area contributed by atoms with Crippen molar-refractivity contribution in [1.29, 1.82) is 0 Å². The average molecular weight is 314 g/mol. The number of nitrogens with one attached hydrogen (secondary N) is 3. The van der Waals surface area contributed by atoms with Crippen molar-refractivity contribution in [2.24, 2.45) is 0 Å². The van der Waals surface area contributed by atoms with E-state index in [-0.39, 0.29) is 11.7 Å². The Bertz CT molecular complexity index is 661. The van der Waals surface area contributed by atoms with E-state index in [2.05, 4.69) is 16.0 Å². The topological polar surface area (TPSA) is 96.3 Å². The van der Waals surface area contributed by atoms with E-state index in [1.54, 1.807) is 18.2 Å². The van der Waals surface area contributed by atoms with Gasteiger partial charge in [0.15, 0.2) is 0 Å².